The number of nitrogens with zero attached hydrogens (tertiary/aromatic N) is 2. The van der Waals surface area contributed by atoms with Gasteiger partial charge in [-0.1, -0.05) is 6.92 Å². The first-order chi connectivity index (χ1) is 10.7. The van der Waals surface area contributed by atoms with E-state index < -0.39 is 0 Å². The molecule has 4 nitrogen and oxygen atoms in total. The van der Waals surface area contributed by atoms with Gasteiger partial charge in [0.05, 0.1) is 0 Å². The Bertz CT molecular complexity index is 489. The van der Waals surface area contributed by atoms with E-state index in [-0.39, 0.29) is 0 Å². The molecule has 122 valence electrons. The highest BCUT2D eigenvalue weighted by Gasteiger charge is 2.24. The van der Waals surface area contributed by atoms with Gasteiger partial charge in [-0.15, -0.1) is 0 Å². The lowest BCUT2D eigenvalue weighted by atomic mass is 10.1. The van der Waals surface area contributed by atoms with Gasteiger partial charge in [-0.05, 0) is 55.6 Å². The number of nitrogens with one attached hydrogen (secondary N) is 2. The lowest BCUT2D eigenvalue weighted by Gasteiger charge is -2.17. The Balaban J connectivity index is 1.73. The maximum Gasteiger partial charge on any atom is 0.191 e. The van der Waals surface area contributed by atoms with Crippen LogP contribution < -0.4 is 10.6 Å². The first-order valence-corrected chi connectivity index (χ1v) is 9.26. The molecule has 1 aliphatic rings. The van der Waals surface area contributed by atoms with Crippen molar-refractivity contribution in [3.05, 3.63) is 29.6 Å². The van der Waals surface area contributed by atoms with Gasteiger partial charge in [0, 0.05) is 37.3 Å². The largest absolute Gasteiger partial charge is 0.356 e. The van der Waals surface area contributed by atoms with Crippen LogP contribution in [-0.4, -0.2) is 41.6 Å². The van der Waals surface area contributed by atoms with E-state index in [0.29, 0.717) is 6.04 Å². The first kappa shape index (κ1) is 17.1. The van der Waals surface area contributed by atoms with Gasteiger partial charge in [0.1, 0.15) is 0 Å². The normalized spacial score (nSPS) is 21.9. The lowest BCUT2D eigenvalue weighted by molar-refractivity contribution is 0.614. The minimum atomic E-state index is 0.568. The van der Waals surface area contributed by atoms with Gasteiger partial charge in [0.2, 0.25) is 0 Å². The number of rotatable bonds is 6. The summed E-state index contributed by atoms with van der Waals surface area (Å²) in [7, 11) is 1.85. The zero-order valence-corrected chi connectivity index (χ0v) is 14.7. The Hall–Kier alpha value is -1.23. The molecular formula is C17H28N4S. The third-order valence-electron chi connectivity index (χ3n) is 4.17. The molecule has 0 aromatic carbocycles. The molecule has 1 aliphatic carbocycles. The molecular weight excluding hydrogens is 292 g/mol. The third kappa shape index (κ3) is 5.20. The fourth-order valence-corrected chi connectivity index (χ4v) is 4.09. The predicted molar refractivity (Wildman–Crippen MR) is 96.7 cm³/mol. The van der Waals surface area contributed by atoms with Crippen LogP contribution in [0.4, 0.5) is 0 Å². The van der Waals surface area contributed by atoms with E-state index in [9.17, 15) is 0 Å². The molecule has 2 N–H and O–H groups in total. The molecule has 1 heterocycles. The van der Waals surface area contributed by atoms with Crippen LogP contribution in [0.1, 0.15) is 37.3 Å². The van der Waals surface area contributed by atoms with Crippen LogP contribution in [-0.2, 0) is 6.42 Å². The van der Waals surface area contributed by atoms with E-state index in [1.54, 1.807) is 0 Å². The summed E-state index contributed by atoms with van der Waals surface area (Å²) in [5.74, 6) is 2.15. The van der Waals surface area contributed by atoms with Crippen LogP contribution in [0.2, 0.25) is 0 Å². The smallest absolute Gasteiger partial charge is 0.191 e. The summed E-state index contributed by atoms with van der Waals surface area (Å²) in [5, 5.41) is 7.82. The average molecular weight is 321 g/mol. The van der Waals surface area contributed by atoms with Gasteiger partial charge in [0.15, 0.2) is 5.96 Å². The van der Waals surface area contributed by atoms with E-state index in [1.165, 1.54) is 36.1 Å². The summed E-state index contributed by atoms with van der Waals surface area (Å²) in [6, 6.07) is 2.66. The molecule has 0 saturated heterocycles. The molecule has 0 bridgehead atoms. The van der Waals surface area contributed by atoms with Crippen LogP contribution in [0.25, 0.3) is 0 Å². The van der Waals surface area contributed by atoms with Crippen molar-refractivity contribution in [2.24, 2.45) is 4.99 Å². The molecule has 1 saturated carbocycles. The highest BCUT2D eigenvalue weighted by Crippen LogP contribution is 2.29. The van der Waals surface area contributed by atoms with Gasteiger partial charge in [0.25, 0.3) is 0 Å². The van der Waals surface area contributed by atoms with Crippen LogP contribution in [0.15, 0.2) is 23.5 Å². The van der Waals surface area contributed by atoms with E-state index in [2.05, 4.69) is 52.3 Å². The molecule has 0 radical (unpaired) electrons. The van der Waals surface area contributed by atoms with Gasteiger partial charge in [-0.25, -0.2) is 0 Å². The molecule has 0 amide bonds. The number of pyridine rings is 1. The summed E-state index contributed by atoms with van der Waals surface area (Å²) in [5.41, 5.74) is 2.60. The molecule has 1 aromatic rings. The molecule has 22 heavy (non-hydrogen) atoms. The molecule has 1 aromatic heterocycles. The second-order valence-corrected chi connectivity index (χ2v) is 7.36. The van der Waals surface area contributed by atoms with E-state index in [1.807, 2.05) is 19.4 Å². The molecule has 5 heteroatoms. The molecule has 2 atom stereocenters. The second kappa shape index (κ2) is 9.03. The highest BCUT2D eigenvalue weighted by molar-refractivity contribution is 7.99. The SMILES string of the molecule is CCSC1CCC(NC(=NC)NCCc2ccncc2C)C1. The summed E-state index contributed by atoms with van der Waals surface area (Å²) >= 11 is 2.09. The average Bonchev–Trinajstić information content (AvgIpc) is 2.96. The van der Waals surface area contributed by atoms with Crippen LogP contribution in [0.5, 0.6) is 0 Å². The van der Waals surface area contributed by atoms with E-state index in [4.69, 9.17) is 0 Å². The molecule has 2 rings (SSSR count). The minimum absolute atomic E-state index is 0.568. The van der Waals surface area contributed by atoms with Crippen molar-refractivity contribution in [3.63, 3.8) is 0 Å². The predicted octanol–water partition coefficient (Wildman–Crippen LogP) is 2.77. The third-order valence-corrected chi connectivity index (χ3v) is 5.41. The number of aryl methyl sites for hydroxylation is 1. The number of thioether (sulfide) groups is 1. The zero-order chi connectivity index (χ0) is 15.8. The molecule has 0 spiro atoms. The van der Waals surface area contributed by atoms with E-state index >= 15 is 0 Å². The van der Waals surface area contributed by atoms with Crippen molar-refractivity contribution in [1.29, 1.82) is 0 Å². The number of hydrogen-bond donors (Lipinski definition) is 2. The second-order valence-electron chi connectivity index (χ2n) is 5.78. The Morgan fingerprint density at radius 2 is 2.32 bits per heavy atom. The number of aromatic nitrogens is 1. The van der Waals surface area contributed by atoms with Gasteiger partial charge < -0.3 is 10.6 Å². The van der Waals surface area contributed by atoms with Crippen molar-refractivity contribution in [1.82, 2.24) is 15.6 Å². The monoisotopic (exact) mass is 320 g/mol. The van der Waals surface area contributed by atoms with Crippen LogP contribution in [0, 0.1) is 6.92 Å². The fraction of sp³-hybridized carbons (Fsp3) is 0.647. The highest BCUT2D eigenvalue weighted by atomic mass is 32.2. The summed E-state index contributed by atoms with van der Waals surface area (Å²) in [6.07, 6.45) is 8.61. The molecule has 2 unspecified atom stereocenters. The number of guanidine groups is 1. The van der Waals surface area contributed by atoms with Gasteiger partial charge in [-0.3, -0.25) is 9.98 Å². The fourth-order valence-electron chi connectivity index (χ4n) is 2.94. The zero-order valence-electron chi connectivity index (χ0n) is 13.9. The van der Waals surface area contributed by atoms with Crippen molar-refractivity contribution in [2.45, 2.75) is 50.8 Å². The van der Waals surface area contributed by atoms with E-state index in [0.717, 1.165) is 24.2 Å². The maximum atomic E-state index is 4.35. The lowest BCUT2D eigenvalue weighted by Crippen LogP contribution is -2.43. The van der Waals surface area contributed by atoms with Crippen molar-refractivity contribution >= 4 is 17.7 Å². The number of aliphatic imine (C=N–C) groups is 1. The number of hydrogen-bond acceptors (Lipinski definition) is 3. The van der Waals surface area contributed by atoms with Crippen molar-refractivity contribution < 1.29 is 0 Å². The summed E-state index contributed by atoms with van der Waals surface area (Å²) in [6.45, 7) is 5.25. The van der Waals surface area contributed by atoms with Crippen molar-refractivity contribution in [3.8, 4) is 0 Å². The standard InChI is InChI=1S/C17H28N4S/c1-4-22-16-6-5-15(11-16)21-17(18-3)20-10-8-14-7-9-19-12-13(14)2/h7,9,12,15-16H,4-6,8,10-11H2,1-3H3,(H2,18,20,21). The quantitative estimate of drug-likeness (QED) is 0.625. The van der Waals surface area contributed by atoms with Crippen LogP contribution in [0.3, 0.4) is 0 Å². The first-order valence-electron chi connectivity index (χ1n) is 8.21. The topological polar surface area (TPSA) is 49.3 Å². The van der Waals surface area contributed by atoms with Gasteiger partial charge >= 0.3 is 0 Å². The maximum absolute atomic E-state index is 4.35. The Morgan fingerprint density at radius 3 is 3.05 bits per heavy atom. The summed E-state index contributed by atoms with van der Waals surface area (Å²) in [4.78, 5) is 8.49. The Morgan fingerprint density at radius 1 is 1.45 bits per heavy atom. The minimum Gasteiger partial charge on any atom is -0.356 e. The molecule has 1 fully saturated rings. The molecule has 0 aliphatic heterocycles. The van der Waals surface area contributed by atoms with Crippen LogP contribution >= 0.6 is 11.8 Å². The summed E-state index contributed by atoms with van der Waals surface area (Å²) < 4.78 is 0. The van der Waals surface area contributed by atoms with Crippen molar-refractivity contribution in [2.75, 3.05) is 19.3 Å². The van der Waals surface area contributed by atoms with Gasteiger partial charge in [-0.2, -0.15) is 11.8 Å². The Labute approximate surface area is 138 Å². The Kier molecular flexibility index (Phi) is 7.03.